The number of hydrogen-bond acceptors (Lipinski definition) is 3. The second-order valence-corrected chi connectivity index (χ2v) is 5.62. The summed E-state index contributed by atoms with van der Waals surface area (Å²) in [5.41, 5.74) is 0. The molecule has 1 N–H and O–H groups in total. The van der Waals surface area contributed by atoms with E-state index >= 15 is 0 Å². The zero-order chi connectivity index (χ0) is 15.1. The third-order valence-corrected chi connectivity index (χ3v) is 3.60. The lowest BCUT2D eigenvalue weighted by atomic mass is 9.95. The number of carbonyl (C=O) groups is 2. The number of hydrogen-bond donors (Lipinski definition) is 1. The van der Waals surface area contributed by atoms with Crippen molar-refractivity contribution in [1.82, 2.24) is 10.2 Å². The van der Waals surface area contributed by atoms with Gasteiger partial charge in [-0.05, 0) is 25.7 Å². The molecule has 1 fully saturated rings. The monoisotopic (exact) mass is 284 g/mol. The molecule has 5 heteroatoms. The average molecular weight is 284 g/mol. The van der Waals surface area contributed by atoms with Gasteiger partial charge in [0.2, 0.25) is 11.8 Å². The summed E-state index contributed by atoms with van der Waals surface area (Å²) in [6, 6.07) is -0.702. The molecule has 20 heavy (non-hydrogen) atoms. The van der Waals surface area contributed by atoms with Gasteiger partial charge in [0.05, 0.1) is 0 Å². The fourth-order valence-electron chi connectivity index (χ4n) is 2.68. The van der Waals surface area contributed by atoms with Crippen molar-refractivity contribution < 1.29 is 14.3 Å². The van der Waals surface area contributed by atoms with Crippen LogP contribution < -0.4 is 5.32 Å². The maximum absolute atomic E-state index is 12.5. The van der Waals surface area contributed by atoms with Gasteiger partial charge in [-0.25, -0.2) is 0 Å². The molecule has 1 saturated heterocycles. The first-order valence-electron chi connectivity index (χ1n) is 7.71. The molecule has 0 aromatic rings. The Hall–Kier alpha value is -1.10. The van der Waals surface area contributed by atoms with E-state index in [-0.39, 0.29) is 29.8 Å². The second-order valence-electron chi connectivity index (χ2n) is 5.62. The van der Waals surface area contributed by atoms with Gasteiger partial charge >= 0.3 is 0 Å². The quantitative estimate of drug-likeness (QED) is 0.688. The molecule has 2 atom stereocenters. The van der Waals surface area contributed by atoms with E-state index in [1.165, 1.54) is 0 Å². The van der Waals surface area contributed by atoms with Crippen molar-refractivity contribution in [2.45, 2.75) is 59.0 Å². The molecule has 1 aliphatic heterocycles. The summed E-state index contributed by atoms with van der Waals surface area (Å²) in [5.74, 6) is 0.157. The Balaban J connectivity index is 2.73. The first kappa shape index (κ1) is 17.0. The molecule has 2 unspecified atom stereocenters. The van der Waals surface area contributed by atoms with Crippen LogP contribution in [0.3, 0.4) is 0 Å². The summed E-state index contributed by atoms with van der Waals surface area (Å²) in [6.07, 6.45) is 2.36. The average Bonchev–Trinajstić information content (AvgIpc) is 2.39. The fraction of sp³-hybridized carbons (Fsp3) is 0.867. The van der Waals surface area contributed by atoms with Crippen molar-refractivity contribution in [3.8, 4) is 0 Å². The predicted octanol–water partition coefficient (Wildman–Crippen LogP) is 1.56. The van der Waals surface area contributed by atoms with Crippen LogP contribution in [-0.2, 0) is 14.3 Å². The SMILES string of the molecule is CCCC1NC(=O)C(C(C)C)N(CCCOCC)C1=O. The van der Waals surface area contributed by atoms with Crippen LogP contribution in [0.4, 0.5) is 0 Å². The minimum Gasteiger partial charge on any atom is -0.382 e. The molecular formula is C15H28N2O3. The molecule has 0 aromatic carbocycles. The zero-order valence-corrected chi connectivity index (χ0v) is 13.1. The van der Waals surface area contributed by atoms with Gasteiger partial charge < -0.3 is 15.0 Å². The molecule has 0 bridgehead atoms. The highest BCUT2D eigenvalue weighted by atomic mass is 16.5. The van der Waals surface area contributed by atoms with Crippen LogP contribution in [0.5, 0.6) is 0 Å². The first-order valence-corrected chi connectivity index (χ1v) is 7.71. The Kier molecular flexibility index (Phi) is 6.99. The summed E-state index contributed by atoms with van der Waals surface area (Å²) >= 11 is 0. The lowest BCUT2D eigenvalue weighted by molar-refractivity contribution is -0.151. The van der Waals surface area contributed by atoms with Crippen LogP contribution >= 0.6 is 0 Å². The van der Waals surface area contributed by atoms with Gasteiger partial charge in [0.1, 0.15) is 12.1 Å². The maximum atomic E-state index is 12.5. The van der Waals surface area contributed by atoms with Crippen LogP contribution in [-0.4, -0.2) is 48.6 Å². The number of ether oxygens (including phenoxy) is 1. The van der Waals surface area contributed by atoms with Crippen LogP contribution in [0.2, 0.25) is 0 Å². The van der Waals surface area contributed by atoms with E-state index < -0.39 is 0 Å². The summed E-state index contributed by atoms with van der Waals surface area (Å²) in [7, 11) is 0. The van der Waals surface area contributed by atoms with Crippen molar-refractivity contribution in [2.75, 3.05) is 19.8 Å². The van der Waals surface area contributed by atoms with Crippen molar-refractivity contribution in [1.29, 1.82) is 0 Å². The topological polar surface area (TPSA) is 58.6 Å². The number of nitrogens with zero attached hydrogens (tertiary/aromatic N) is 1. The molecule has 0 saturated carbocycles. The van der Waals surface area contributed by atoms with Gasteiger partial charge in [-0.2, -0.15) is 0 Å². The Morgan fingerprint density at radius 3 is 2.55 bits per heavy atom. The summed E-state index contributed by atoms with van der Waals surface area (Å²) < 4.78 is 5.32. The van der Waals surface area contributed by atoms with E-state index in [1.54, 1.807) is 4.90 Å². The molecule has 0 radical (unpaired) electrons. The van der Waals surface area contributed by atoms with E-state index in [0.29, 0.717) is 26.2 Å². The predicted molar refractivity (Wildman–Crippen MR) is 78.3 cm³/mol. The van der Waals surface area contributed by atoms with E-state index in [0.717, 1.165) is 12.8 Å². The van der Waals surface area contributed by atoms with Crippen LogP contribution in [0, 0.1) is 5.92 Å². The Morgan fingerprint density at radius 2 is 2.00 bits per heavy atom. The zero-order valence-electron chi connectivity index (χ0n) is 13.1. The number of nitrogens with one attached hydrogen (secondary N) is 1. The van der Waals surface area contributed by atoms with E-state index in [9.17, 15) is 9.59 Å². The third kappa shape index (κ3) is 4.20. The number of amides is 2. The van der Waals surface area contributed by atoms with Crippen LogP contribution in [0.25, 0.3) is 0 Å². The Morgan fingerprint density at radius 1 is 1.30 bits per heavy atom. The minimum absolute atomic E-state index is 0.0190. The fourth-order valence-corrected chi connectivity index (χ4v) is 2.68. The third-order valence-electron chi connectivity index (χ3n) is 3.60. The highest BCUT2D eigenvalue weighted by molar-refractivity contribution is 5.97. The van der Waals surface area contributed by atoms with E-state index in [2.05, 4.69) is 5.32 Å². The van der Waals surface area contributed by atoms with E-state index in [1.807, 2.05) is 27.7 Å². The normalized spacial score (nSPS) is 23.4. The van der Waals surface area contributed by atoms with Gasteiger partial charge in [0.15, 0.2) is 0 Å². The smallest absolute Gasteiger partial charge is 0.245 e. The van der Waals surface area contributed by atoms with Crippen LogP contribution in [0.1, 0.15) is 47.0 Å². The lowest BCUT2D eigenvalue weighted by Crippen LogP contribution is -2.64. The van der Waals surface area contributed by atoms with Crippen molar-refractivity contribution in [3.05, 3.63) is 0 Å². The van der Waals surface area contributed by atoms with Crippen molar-refractivity contribution >= 4 is 11.8 Å². The van der Waals surface area contributed by atoms with Crippen molar-refractivity contribution in [3.63, 3.8) is 0 Å². The Labute approximate surface area is 122 Å². The molecule has 1 rings (SSSR count). The Bertz CT molecular complexity index is 331. The molecule has 0 aliphatic carbocycles. The number of piperazine rings is 1. The molecule has 1 heterocycles. The molecule has 0 spiro atoms. The summed E-state index contributed by atoms with van der Waals surface area (Å²) in [4.78, 5) is 26.5. The molecule has 1 aliphatic rings. The number of rotatable bonds is 8. The van der Waals surface area contributed by atoms with Crippen LogP contribution in [0.15, 0.2) is 0 Å². The van der Waals surface area contributed by atoms with Gasteiger partial charge in [-0.3, -0.25) is 9.59 Å². The molecule has 2 amide bonds. The summed E-state index contributed by atoms with van der Waals surface area (Å²) in [6.45, 7) is 9.84. The van der Waals surface area contributed by atoms with Gasteiger partial charge in [-0.1, -0.05) is 27.2 Å². The van der Waals surface area contributed by atoms with E-state index in [4.69, 9.17) is 4.74 Å². The van der Waals surface area contributed by atoms with Crippen molar-refractivity contribution in [2.24, 2.45) is 5.92 Å². The highest BCUT2D eigenvalue weighted by Gasteiger charge is 2.40. The standard InChI is InChI=1S/C15H28N2O3/c1-5-8-12-15(19)17(9-7-10-20-6-2)13(11(3)4)14(18)16-12/h11-13H,5-10H2,1-4H3,(H,16,18). The number of carbonyl (C=O) groups excluding carboxylic acids is 2. The first-order chi connectivity index (χ1) is 9.52. The summed E-state index contributed by atoms with van der Waals surface area (Å²) in [5, 5.41) is 2.87. The van der Waals surface area contributed by atoms with Gasteiger partial charge in [0, 0.05) is 19.8 Å². The molecule has 5 nitrogen and oxygen atoms in total. The lowest BCUT2D eigenvalue weighted by Gasteiger charge is -2.41. The highest BCUT2D eigenvalue weighted by Crippen LogP contribution is 2.19. The van der Waals surface area contributed by atoms with Gasteiger partial charge in [-0.15, -0.1) is 0 Å². The minimum atomic E-state index is -0.352. The molecule has 116 valence electrons. The molecular weight excluding hydrogens is 256 g/mol. The maximum Gasteiger partial charge on any atom is 0.245 e. The largest absolute Gasteiger partial charge is 0.382 e. The van der Waals surface area contributed by atoms with Gasteiger partial charge in [0.25, 0.3) is 0 Å². The molecule has 0 aromatic heterocycles. The second kappa shape index (κ2) is 8.25.